The summed E-state index contributed by atoms with van der Waals surface area (Å²) >= 11 is 0. The molecule has 0 atom stereocenters. The number of carbonyl (C=O) groups excluding carboxylic acids is 1. The third kappa shape index (κ3) is 3.06. The van der Waals surface area contributed by atoms with E-state index in [0.29, 0.717) is 6.42 Å². The van der Waals surface area contributed by atoms with E-state index in [1.54, 1.807) is 4.68 Å². The molecular weight excluding hydrogens is 224 g/mol. The van der Waals surface area contributed by atoms with E-state index in [9.17, 15) is 4.79 Å². The molecule has 0 saturated carbocycles. The number of ketones is 1. The number of benzene rings is 1. The molecule has 3 nitrogen and oxygen atoms in total. The van der Waals surface area contributed by atoms with Gasteiger partial charge >= 0.3 is 0 Å². The molecule has 0 unspecified atom stereocenters. The molecule has 1 aromatic carbocycles. The lowest BCUT2D eigenvalue weighted by molar-refractivity contribution is 0.0983. The highest BCUT2D eigenvalue weighted by molar-refractivity contribution is 5.96. The summed E-state index contributed by atoms with van der Waals surface area (Å²) in [7, 11) is 1.88. The molecule has 3 heteroatoms. The molecule has 1 aromatic heterocycles. The number of aromatic nitrogens is 2. The monoisotopic (exact) mass is 242 g/mol. The van der Waals surface area contributed by atoms with E-state index in [0.717, 1.165) is 24.0 Å². The largest absolute Gasteiger partial charge is 0.294 e. The zero-order chi connectivity index (χ0) is 13.0. The van der Waals surface area contributed by atoms with E-state index in [4.69, 9.17) is 0 Å². The first kappa shape index (κ1) is 12.6. The first-order valence-electron chi connectivity index (χ1n) is 6.28. The molecule has 94 valence electrons. The van der Waals surface area contributed by atoms with Crippen LogP contribution < -0.4 is 0 Å². The highest BCUT2D eigenvalue weighted by atomic mass is 16.1. The van der Waals surface area contributed by atoms with Gasteiger partial charge in [0.25, 0.3) is 0 Å². The van der Waals surface area contributed by atoms with Crippen molar-refractivity contribution in [3.05, 3.63) is 53.3 Å². The lowest BCUT2D eigenvalue weighted by Crippen LogP contribution is -2.01. The van der Waals surface area contributed by atoms with Gasteiger partial charge in [-0.05, 0) is 24.0 Å². The van der Waals surface area contributed by atoms with Gasteiger partial charge in [-0.25, -0.2) is 0 Å². The number of Topliss-reactive ketones (excluding diaryl/α,β-unsaturated/α-hetero) is 1. The first-order valence-corrected chi connectivity index (χ1v) is 6.28. The van der Waals surface area contributed by atoms with Gasteiger partial charge in [-0.2, -0.15) is 5.10 Å². The molecule has 0 spiro atoms. The van der Waals surface area contributed by atoms with Crippen LogP contribution in [0.3, 0.4) is 0 Å². The zero-order valence-corrected chi connectivity index (χ0v) is 10.9. The van der Waals surface area contributed by atoms with Crippen molar-refractivity contribution in [3.8, 4) is 0 Å². The quantitative estimate of drug-likeness (QED) is 0.756. The smallest absolute Gasteiger partial charge is 0.163 e. The zero-order valence-electron chi connectivity index (χ0n) is 10.9. The van der Waals surface area contributed by atoms with Gasteiger partial charge in [-0.15, -0.1) is 0 Å². The van der Waals surface area contributed by atoms with E-state index in [-0.39, 0.29) is 5.78 Å². The van der Waals surface area contributed by atoms with Crippen molar-refractivity contribution >= 4 is 5.78 Å². The van der Waals surface area contributed by atoms with Gasteiger partial charge in [0.15, 0.2) is 5.78 Å². The van der Waals surface area contributed by atoms with Crippen LogP contribution in [0.1, 0.15) is 34.8 Å². The minimum absolute atomic E-state index is 0.196. The Balaban J connectivity index is 1.94. The molecule has 0 aliphatic carbocycles. The van der Waals surface area contributed by atoms with Crippen molar-refractivity contribution in [2.45, 2.75) is 26.2 Å². The Bertz CT molecular complexity index is 526. The minimum Gasteiger partial charge on any atom is -0.294 e. The topological polar surface area (TPSA) is 34.9 Å². The summed E-state index contributed by atoms with van der Waals surface area (Å²) in [6.45, 7) is 2.11. The van der Waals surface area contributed by atoms with Crippen LogP contribution in [0.15, 0.2) is 36.7 Å². The first-order chi connectivity index (χ1) is 8.69. The molecule has 18 heavy (non-hydrogen) atoms. The molecular formula is C15H18N2O. The number of nitrogens with zero attached hydrogens (tertiary/aromatic N) is 2. The summed E-state index contributed by atoms with van der Waals surface area (Å²) in [5.41, 5.74) is 3.17. The van der Waals surface area contributed by atoms with E-state index >= 15 is 0 Å². The second-order valence-corrected chi connectivity index (χ2v) is 4.50. The van der Waals surface area contributed by atoms with Crippen molar-refractivity contribution in [1.82, 2.24) is 9.78 Å². The molecule has 0 aliphatic heterocycles. The van der Waals surface area contributed by atoms with Crippen LogP contribution in [-0.2, 0) is 19.9 Å². The van der Waals surface area contributed by atoms with Crippen molar-refractivity contribution in [1.29, 1.82) is 0 Å². The highest BCUT2D eigenvalue weighted by Gasteiger charge is 2.06. The Morgan fingerprint density at radius 2 is 1.94 bits per heavy atom. The molecule has 0 N–H and O–H groups in total. The SMILES string of the molecule is CCc1ccc(C(=O)CCc2cnn(C)c2)cc1. The number of hydrogen-bond donors (Lipinski definition) is 0. The number of hydrogen-bond acceptors (Lipinski definition) is 2. The van der Waals surface area contributed by atoms with Crippen LogP contribution in [0.4, 0.5) is 0 Å². The maximum absolute atomic E-state index is 12.0. The van der Waals surface area contributed by atoms with Crippen molar-refractivity contribution in [2.75, 3.05) is 0 Å². The summed E-state index contributed by atoms with van der Waals surface area (Å²) in [5, 5.41) is 4.10. The van der Waals surface area contributed by atoms with Crippen LogP contribution in [0.2, 0.25) is 0 Å². The summed E-state index contributed by atoms with van der Waals surface area (Å²) in [6.07, 6.45) is 6.06. The summed E-state index contributed by atoms with van der Waals surface area (Å²) in [6, 6.07) is 7.89. The third-order valence-electron chi connectivity index (χ3n) is 3.08. The lowest BCUT2D eigenvalue weighted by atomic mass is 10.0. The van der Waals surface area contributed by atoms with Crippen LogP contribution in [0, 0.1) is 0 Å². The molecule has 0 fully saturated rings. The molecule has 1 heterocycles. The van der Waals surface area contributed by atoms with E-state index < -0.39 is 0 Å². The van der Waals surface area contributed by atoms with Crippen LogP contribution in [-0.4, -0.2) is 15.6 Å². The third-order valence-corrected chi connectivity index (χ3v) is 3.08. The molecule has 2 rings (SSSR count). The maximum Gasteiger partial charge on any atom is 0.163 e. The average Bonchev–Trinajstić information content (AvgIpc) is 2.82. The Labute approximate surface area is 107 Å². The summed E-state index contributed by atoms with van der Waals surface area (Å²) in [4.78, 5) is 12.0. The molecule has 0 amide bonds. The number of carbonyl (C=O) groups is 1. The predicted molar refractivity (Wildman–Crippen MR) is 71.7 cm³/mol. The average molecular weight is 242 g/mol. The molecule has 0 bridgehead atoms. The summed E-state index contributed by atoms with van der Waals surface area (Å²) in [5.74, 6) is 0.196. The Morgan fingerprint density at radius 3 is 2.50 bits per heavy atom. The van der Waals surface area contributed by atoms with Crippen molar-refractivity contribution in [2.24, 2.45) is 7.05 Å². The van der Waals surface area contributed by atoms with Gasteiger partial charge in [0.2, 0.25) is 0 Å². The van der Waals surface area contributed by atoms with Crippen LogP contribution in [0.5, 0.6) is 0 Å². The molecule has 0 saturated heterocycles. The molecule has 0 radical (unpaired) electrons. The van der Waals surface area contributed by atoms with Gasteiger partial charge in [0, 0.05) is 25.2 Å². The van der Waals surface area contributed by atoms with Gasteiger partial charge < -0.3 is 0 Å². The highest BCUT2D eigenvalue weighted by Crippen LogP contribution is 2.10. The lowest BCUT2D eigenvalue weighted by Gasteiger charge is -2.01. The number of rotatable bonds is 5. The van der Waals surface area contributed by atoms with E-state index in [1.165, 1.54) is 5.56 Å². The Kier molecular flexibility index (Phi) is 3.92. The Morgan fingerprint density at radius 1 is 1.22 bits per heavy atom. The van der Waals surface area contributed by atoms with Gasteiger partial charge in [0.1, 0.15) is 0 Å². The molecule has 0 aliphatic rings. The van der Waals surface area contributed by atoms with E-state index in [1.807, 2.05) is 43.7 Å². The predicted octanol–water partition coefficient (Wildman–Crippen LogP) is 2.80. The Hall–Kier alpha value is -1.90. The van der Waals surface area contributed by atoms with Gasteiger partial charge in [-0.3, -0.25) is 9.48 Å². The van der Waals surface area contributed by atoms with Crippen molar-refractivity contribution < 1.29 is 4.79 Å². The fraction of sp³-hybridized carbons (Fsp3) is 0.333. The van der Waals surface area contributed by atoms with Gasteiger partial charge in [0.05, 0.1) is 6.20 Å². The maximum atomic E-state index is 12.0. The second kappa shape index (κ2) is 5.63. The number of aryl methyl sites for hydroxylation is 3. The molecule has 2 aromatic rings. The normalized spacial score (nSPS) is 10.6. The van der Waals surface area contributed by atoms with Gasteiger partial charge in [-0.1, -0.05) is 31.2 Å². The van der Waals surface area contributed by atoms with Crippen LogP contribution >= 0.6 is 0 Å². The van der Waals surface area contributed by atoms with Crippen LogP contribution in [0.25, 0.3) is 0 Å². The van der Waals surface area contributed by atoms with E-state index in [2.05, 4.69) is 12.0 Å². The second-order valence-electron chi connectivity index (χ2n) is 4.50. The fourth-order valence-corrected chi connectivity index (χ4v) is 1.93. The van der Waals surface area contributed by atoms with Crippen molar-refractivity contribution in [3.63, 3.8) is 0 Å². The summed E-state index contributed by atoms with van der Waals surface area (Å²) < 4.78 is 1.76. The fourth-order valence-electron chi connectivity index (χ4n) is 1.93. The standard InChI is InChI=1S/C15H18N2O/c1-3-12-4-7-14(8-5-12)15(18)9-6-13-10-16-17(2)11-13/h4-5,7-8,10-11H,3,6,9H2,1-2H3. The minimum atomic E-state index is 0.196.